The molecule has 1 aromatic rings. The van der Waals surface area contributed by atoms with Crippen LogP contribution >= 0.6 is 0 Å². The molecule has 112 valence electrons. The van der Waals surface area contributed by atoms with Crippen molar-refractivity contribution < 1.29 is 24.2 Å². The summed E-state index contributed by atoms with van der Waals surface area (Å²) in [5.74, 6) is -0.596. The van der Waals surface area contributed by atoms with Crippen LogP contribution in [0.3, 0.4) is 0 Å². The molecule has 2 aliphatic rings. The van der Waals surface area contributed by atoms with Crippen molar-refractivity contribution in [2.24, 2.45) is 11.8 Å². The highest BCUT2D eigenvalue weighted by molar-refractivity contribution is 5.89. The fraction of sp³-hybridized carbons (Fsp3) is 0.467. The fourth-order valence-electron chi connectivity index (χ4n) is 2.40. The van der Waals surface area contributed by atoms with Gasteiger partial charge in [-0.2, -0.15) is 0 Å². The lowest BCUT2D eigenvalue weighted by Gasteiger charge is -2.10. The van der Waals surface area contributed by atoms with E-state index in [1.165, 1.54) is 0 Å². The topological polar surface area (TPSA) is 84.9 Å². The highest BCUT2D eigenvalue weighted by Gasteiger charge is 2.48. The van der Waals surface area contributed by atoms with Crippen molar-refractivity contribution >= 4 is 11.9 Å². The van der Waals surface area contributed by atoms with Gasteiger partial charge in [0, 0.05) is 13.0 Å². The molecular formula is C15H17NO5. The molecule has 0 bridgehead atoms. The second-order valence-corrected chi connectivity index (χ2v) is 5.34. The van der Waals surface area contributed by atoms with Gasteiger partial charge in [-0.15, -0.1) is 0 Å². The Kier molecular flexibility index (Phi) is 3.68. The maximum atomic E-state index is 11.8. The molecule has 6 nitrogen and oxygen atoms in total. The molecule has 21 heavy (non-hydrogen) atoms. The molecule has 1 aliphatic carbocycles. The molecule has 1 aliphatic heterocycles. The first-order chi connectivity index (χ1) is 10.1. The van der Waals surface area contributed by atoms with Crippen LogP contribution in [-0.2, 0) is 16.1 Å². The van der Waals surface area contributed by atoms with Crippen molar-refractivity contribution in [1.29, 1.82) is 0 Å². The lowest BCUT2D eigenvalue weighted by atomic mass is 10.2. The van der Waals surface area contributed by atoms with E-state index in [-0.39, 0.29) is 11.8 Å². The number of ether oxygens (including phenoxy) is 2. The molecule has 0 radical (unpaired) electrons. The first kappa shape index (κ1) is 13.7. The molecule has 6 heteroatoms. The van der Waals surface area contributed by atoms with Crippen molar-refractivity contribution in [2.75, 3.05) is 13.2 Å². The van der Waals surface area contributed by atoms with Crippen LogP contribution in [0.25, 0.3) is 0 Å². The van der Waals surface area contributed by atoms with Gasteiger partial charge in [-0.3, -0.25) is 9.59 Å². The maximum Gasteiger partial charge on any atom is 0.307 e. The van der Waals surface area contributed by atoms with Crippen molar-refractivity contribution in [2.45, 2.75) is 19.4 Å². The molecule has 1 heterocycles. The molecular weight excluding hydrogens is 274 g/mol. The Morgan fingerprint density at radius 1 is 1.19 bits per heavy atom. The Hall–Kier alpha value is -2.24. The van der Waals surface area contributed by atoms with Crippen LogP contribution in [-0.4, -0.2) is 30.2 Å². The minimum absolute atomic E-state index is 0.200. The van der Waals surface area contributed by atoms with E-state index in [0.717, 1.165) is 17.7 Å². The molecule has 1 amide bonds. The Morgan fingerprint density at radius 3 is 2.67 bits per heavy atom. The van der Waals surface area contributed by atoms with Gasteiger partial charge in [0.05, 0.1) is 25.0 Å². The highest BCUT2D eigenvalue weighted by Crippen LogP contribution is 2.38. The number of rotatable bonds is 4. The minimum atomic E-state index is -0.897. The van der Waals surface area contributed by atoms with Gasteiger partial charge in [0.25, 0.3) is 0 Å². The van der Waals surface area contributed by atoms with Crippen LogP contribution < -0.4 is 14.8 Å². The fourth-order valence-corrected chi connectivity index (χ4v) is 2.40. The number of benzene rings is 1. The summed E-state index contributed by atoms with van der Waals surface area (Å²) in [5.41, 5.74) is 0.903. The van der Waals surface area contributed by atoms with Gasteiger partial charge in [0.1, 0.15) is 0 Å². The number of fused-ring (bicyclic) bond motifs is 1. The summed E-state index contributed by atoms with van der Waals surface area (Å²) in [7, 11) is 0. The summed E-state index contributed by atoms with van der Waals surface area (Å²) in [6.07, 6.45) is 1.28. The van der Waals surface area contributed by atoms with Crippen LogP contribution in [0.4, 0.5) is 0 Å². The number of nitrogens with one attached hydrogen (secondary N) is 1. The molecule has 2 atom stereocenters. The van der Waals surface area contributed by atoms with Crippen LogP contribution in [0.1, 0.15) is 18.4 Å². The highest BCUT2D eigenvalue weighted by atomic mass is 16.5. The third-order valence-corrected chi connectivity index (χ3v) is 3.72. The summed E-state index contributed by atoms with van der Waals surface area (Å²) >= 11 is 0. The Morgan fingerprint density at radius 2 is 1.95 bits per heavy atom. The Labute approximate surface area is 122 Å². The van der Waals surface area contributed by atoms with Gasteiger partial charge in [-0.1, -0.05) is 6.07 Å². The smallest absolute Gasteiger partial charge is 0.307 e. The van der Waals surface area contributed by atoms with E-state index in [9.17, 15) is 9.59 Å². The van der Waals surface area contributed by atoms with E-state index >= 15 is 0 Å². The number of carboxylic acids is 1. The SMILES string of the molecule is O=C(O)[C@@H]1C[C@H]1C(=O)NCc1ccc2c(c1)OCCCO2. The number of amides is 1. The van der Waals surface area contributed by atoms with Crippen LogP contribution in [0.2, 0.25) is 0 Å². The number of carbonyl (C=O) groups excluding carboxylic acids is 1. The van der Waals surface area contributed by atoms with E-state index in [1.54, 1.807) is 0 Å². The lowest BCUT2D eigenvalue weighted by molar-refractivity contribution is -0.140. The standard InChI is InChI=1S/C15H17NO5/c17-14(10-7-11(10)15(18)19)16-8-9-2-3-12-13(6-9)21-5-1-4-20-12/h2-3,6,10-11H,1,4-5,7-8H2,(H,16,17)(H,18,19)/t10-,11-/m1/s1. The molecule has 0 aromatic heterocycles. The second-order valence-electron chi connectivity index (χ2n) is 5.34. The molecule has 0 unspecified atom stereocenters. The first-order valence-corrected chi connectivity index (χ1v) is 7.04. The number of carbonyl (C=O) groups is 2. The van der Waals surface area contributed by atoms with Gasteiger partial charge in [0.2, 0.25) is 5.91 Å². The average molecular weight is 291 g/mol. The van der Waals surface area contributed by atoms with Crippen LogP contribution in [0, 0.1) is 11.8 Å². The zero-order valence-corrected chi connectivity index (χ0v) is 11.5. The monoisotopic (exact) mass is 291 g/mol. The normalized spacial score (nSPS) is 23.0. The number of carboxylic acid groups (broad SMARTS) is 1. The van der Waals surface area contributed by atoms with Gasteiger partial charge in [-0.25, -0.2) is 0 Å². The molecule has 2 N–H and O–H groups in total. The number of hydrogen-bond acceptors (Lipinski definition) is 4. The van der Waals surface area contributed by atoms with Crippen molar-refractivity contribution in [3.63, 3.8) is 0 Å². The van der Waals surface area contributed by atoms with Gasteiger partial charge in [-0.05, 0) is 24.1 Å². The molecule has 0 spiro atoms. The largest absolute Gasteiger partial charge is 0.490 e. The Bertz CT molecular complexity index is 571. The predicted molar refractivity (Wildman–Crippen MR) is 73.1 cm³/mol. The van der Waals surface area contributed by atoms with Crippen molar-refractivity contribution in [3.8, 4) is 11.5 Å². The minimum Gasteiger partial charge on any atom is -0.490 e. The molecule has 1 aromatic carbocycles. The number of hydrogen-bond donors (Lipinski definition) is 2. The predicted octanol–water partition coefficient (Wildman–Crippen LogP) is 1.18. The van der Waals surface area contributed by atoms with E-state index in [2.05, 4.69) is 5.32 Å². The zero-order chi connectivity index (χ0) is 14.8. The first-order valence-electron chi connectivity index (χ1n) is 7.04. The Balaban J connectivity index is 1.57. The van der Waals surface area contributed by atoms with Gasteiger partial charge in [0.15, 0.2) is 11.5 Å². The molecule has 1 fully saturated rings. The van der Waals surface area contributed by atoms with Crippen LogP contribution in [0.5, 0.6) is 11.5 Å². The summed E-state index contributed by atoms with van der Waals surface area (Å²) in [6.45, 7) is 1.62. The van der Waals surface area contributed by atoms with Crippen molar-refractivity contribution in [1.82, 2.24) is 5.32 Å². The third kappa shape index (κ3) is 3.09. The quantitative estimate of drug-likeness (QED) is 0.870. The molecule has 0 saturated heterocycles. The lowest BCUT2D eigenvalue weighted by Crippen LogP contribution is -2.25. The van der Waals surface area contributed by atoms with Crippen LogP contribution in [0.15, 0.2) is 18.2 Å². The van der Waals surface area contributed by atoms with E-state index < -0.39 is 11.9 Å². The average Bonchev–Trinajstić information content (AvgIpc) is 3.27. The zero-order valence-electron chi connectivity index (χ0n) is 11.5. The van der Waals surface area contributed by atoms with E-state index in [4.69, 9.17) is 14.6 Å². The number of aliphatic carboxylic acids is 1. The van der Waals surface area contributed by atoms with E-state index in [1.807, 2.05) is 18.2 Å². The summed E-state index contributed by atoms with van der Waals surface area (Å²) in [5, 5.41) is 11.6. The summed E-state index contributed by atoms with van der Waals surface area (Å²) < 4.78 is 11.1. The van der Waals surface area contributed by atoms with Gasteiger partial charge < -0.3 is 19.9 Å². The van der Waals surface area contributed by atoms with E-state index in [0.29, 0.717) is 31.9 Å². The molecule has 1 saturated carbocycles. The maximum absolute atomic E-state index is 11.8. The van der Waals surface area contributed by atoms with Gasteiger partial charge >= 0.3 is 5.97 Å². The van der Waals surface area contributed by atoms with Crippen molar-refractivity contribution in [3.05, 3.63) is 23.8 Å². The second kappa shape index (κ2) is 5.63. The summed E-state index contributed by atoms with van der Waals surface area (Å²) in [6, 6.07) is 5.55. The molecule has 3 rings (SSSR count). The third-order valence-electron chi connectivity index (χ3n) is 3.72. The summed E-state index contributed by atoms with van der Waals surface area (Å²) in [4.78, 5) is 22.5.